The first-order valence-electron chi connectivity index (χ1n) is 12.8. The summed E-state index contributed by atoms with van der Waals surface area (Å²) in [7, 11) is 0. The Bertz CT molecular complexity index is 1020. The second kappa shape index (κ2) is 10.2. The minimum Gasteiger partial charge on any atom is -1.00 e. The van der Waals surface area contributed by atoms with Crippen molar-refractivity contribution >= 4 is 0 Å². The van der Waals surface area contributed by atoms with Gasteiger partial charge in [0.2, 0.25) is 0 Å². The van der Waals surface area contributed by atoms with Gasteiger partial charge in [0, 0.05) is 24.7 Å². The van der Waals surface area contributed by atoms with Crippen molar-refractivity contribution in [3.63, 3.8) is 0 Å². The van der Waals surface area contributed by atoms with Crippen LogP contribution in [-0.2, 0) is 15.9 Å². The number of quaternary nitrogens is 1. The van der Waals surface area contributed by atoms with Crippen molar-refractivity contribution in [1.29, 1.82) is 0 Å². The Kier molecular flexibility index (Phi) is 7.59. The van der Waals surface area contributed by atoms with Crippen LogP contribution in [0.4, 0.5) is 0 Å². The van der Waals surface area contributed by atoms with Crippen LogP contribution in [0.5, 0.6) is 0 Å². The summed E-state index contributed by atoms with van der Waals surface area (Å²) in [6.45, 7) is 9.46. The van der Waals surface area contributed by atoms with Crippen LogP contribution in [0.3, 0.4) is 0 Å². The summed E-state index contributed by atoms with van der Waals surface area (Å²) in [5.74, 6) is 0. The maximum Gasteiger partial charge on any atom is 0.121 e. The zero-order valence-corrected chi connectivity index (χ0v) is 22.6. The summed E-state index contributed by atoms with van der Waals surface area (Å²) in [4.78, 5) is 0. The molecule has 0 unspecified atom stereocenters. The molecule has 3 saturated heterocycles. The minimum absolute atomic E-state index is 0. The lowest BCUT2D eigenvalue weighted by Crippen LogP contribution is -3.00. The predicted octanol–water partition coefficient (Wildman–Crippen LogP) is 2.88. The van der Waals surface area contributed by atoms with Gasteiger partial charge in [-0.15, -0.1) is 0 Å². The fourth-order valence-corrected chi connectivity index (χ4v) is 6.50. The molecular weight excluding hydrogens is 498 g/mol. The van der Waals surface area contributed by atoms with Crippen LogP contribution in [-0.4, -0.2) is 42.4 Å². The molecule has 0 radical (unpaired) electrons. The Morgan fingerprint density at radius 3 is 1.54 bits per heavy atom. The van der Waals surface area contributed by atoms with Gasteiger partial charge in [-0.2, -0.15) is 0 Å². The van der Waals surface area contributed by atoms with Crippen LogP contribution in [0, 0.1) is 5.41 Å². The lowest BCUT2D eigenvalue weighted by atomic mass is 9.56. The molecule has 3 nitrogen and oxygen atoms in total. The van der Waals surface area contributed by atoms with Gasteiger partial charge in [0.25, 0.3) is 0 Å². The van der Waals surface area contributed by atoms with E-state index in [2.05, 4.69) is 92.7 Å². The van der Waals surface area contributed by atoms with Crippen LogP contribution < -0.4 is 17.0 Å². The molecule has 2 bridgehead atoms. The second-order valence-corrected chi connectivity index (χ2v) is 10.9. The summed E-state index contributed by atoms with van der Waals surface area (Å²) in [5, 5.41) is 12.5. The summed E-state index contributed by atoms with van der Waals surface area (Å²) < 4.78 is 7.55. The van der Waals surface area contributed by atoms with E-state index in [0.717, 1.165) is 67.7 Å². The second-order valence-electron chi connectivity index (χ2n) is 10.9. The van der Waals surface area contributed by atoms with Gasteiger partial charge in [0.05, 0.1) is 31.8 Å². The van der Waals surface area contributed by atoms with Crippen LogP contribution in [0.15, 0.2) is 91.0 Å². The standard InChI is InChI=1S/C31H38NO2.BrH/c1-29(2,26-12-6-3-7-13-26)34-25-24-32-21-18-30(19-22-32,20-23-32)31(33,27-14-8-4-9-15-27)28-16-10-5-11-17-28;/h3-17,33H,18-25H2,1-2H3;1H/q+1;/p-1. The molecule has 4 heteroatoms. The maximum atomic E-state index is 12.5. The molecule has 3 fully saturated rings. The number of hydrogen-bond donors (Lipinski definition) is 1. The van der Waals surface area contributed by atoms with Gasteiger partial charge in [-0.25, -0.2) is 0 Å². The molecule has 3 aliphatic heterocycles. The van der Waals surface area contributed by atoms with E-state index in [0.29, 0.717) is 0 Å². The van der Waals surface area contributed by atoms with Crippen molar-refractivity contribution in [2.24, 2.45) is 5.41 Å². The van der Waals surface area contributed by atoms with E-state index in [-0.39, 0.29) is 28.0 Å². The Morgan fingerprint density at radius 2 is 1.11 bits per heavy atom. The van der Waals surface area contributed by atoms with Crippen LogP contribution in [0.2, 0.25) is 0 Å². The fourth-order valence-electron chi connectivity index (χ4n) is 6.50. The van der Waals surface area contributed by atoms with E-state index in [4.69, 9.17) is 4.74 Å². The number of piperidine rings is 3. The summed E-state index contributed by atoms with van der Waals surface area (Å²) >= 11 is 0. The number of halogens is 1. The molecule has 35 heavy (non-hydrogen) atoms. The van der Waals surface area contributed by atoms with Crippen molar-refractivity contribution in [3.05, 3.63) is 108 Å². The molecule has 0 aliphatic carbocycles. The monoisotopic (exact) mass is 535 g/mol. The van der Waals surface area contributed by atoms with Crippen molar-refractivity contribution in [2.45, 2.75) is 44.3 Å². The number of ether oxygens (including phenoxy) is 1. The highest BCUT2D eigenvalue weighted by Gasteiger charge is 2.60. The van der Waals surface area contributed by atoms with Crippen LogP contribution >= 0.6 is 0 Å². The van der Waals surface area contributed by atoms with E-state index in [1.807, 2.05) is 12.1 Å². The van der Waals surface area contributed by atoms with E-state index in [1.54, 1.807) is 0 Å². The molecule has 0 spiro atoms. The molecule has 3 heterocycles. The van der Waals surface area contributed by atoms with Crippen molar-refractivity contribution < 1.29 is 31.3 Å². The zero-order valence-electron chi connectivity index (χ0n) is 21.0. The normalized spacial score (nSPS) is 24.1. The average molecular weight is 537 g/mol. The largest absolute Gasteiger partial charge is 1.00 e. The van der Waals surface area contributed by atoms with Crippen molar-refractivity contribution in [3.8, 4) is 0 Å². The third kappa shape index (κ3) is 4.74. The Morgan fingerprint density at radius 1 is 0.714 bits per heavy atom. The summed E-state index contributed by atoms with van der Waals surface area (Å²) in [6, 6.07) is 31.2. The molecule has 3 aliphatic rings. The first kappa shape index (κ1) is 26.1. The third-order valence-corrected chi connectivity index (χ3v) is 8.84. The number of benzene rings is 3. The first-order chi connectivity index (χ1) is 16.4. The molecule has 1 N–H and O–H groups in total. The van der Waals surface area contributed by atoms with Gasteiger partial charge >= 0.3 is 0 Å². The van der Waals surface area contributed by atoms with Gasteiger partial charge in [0.1, 0.15) is 12.1 Å². The molecule has 6 rings (SSSR count). The van der Waals surface area contributed by atoms with E-state index in [1.165, 1.54) is 5.56 Å². The van der Waals surface area contributed by atoms with Gasteiger partial charge in [-0.05, 0) is 30.5 Å². The lowest BCUT2D eigenvalue weighted by Gasteiger charge is -2.60. The van der Waals surface area contributed by atoms with Crippen LogP contribution in [0.25, 0.3) is 0 Å². The molecule has 0 atom stereocenters. The SMILES string of the molecule is CC(C)(OCC[N+]12CCC(C(O)(c3ccccc3)c3ccccc3)(CC1)CC2)c1ccccc1.[Br-]. The Labute approximate surface area is 221 Å². The molecule has 0 saturated carbocycles. The maximum absolute atomic E-state index is 12.5. The van der Waals surface area contributed by atoms with Gasteiger partial charge in [-0.1, -0.05) is 91.0 Å². The molecule has 3 aromatic carbocycles. The predicted molar refractivity (Wildman–Crippen MR) is 137 cm³/mol. The number of fused-ring (bicyclic) bond motifs is 3. The van der Waals surface area contributed by atoms with Crippen molar-refractivity contribution in [2.75, 3.05) is 32.8 Å². The van der Waals surface area contributed by atoms with E-state index < -0.39 is 5.60 Å². The molecule has 0 amide bonds. The topological polar surface area (TPSA) is 29.5 Å². The highest BCUT2D eigenvalue weighted by Crippen LogP contribution is 2.57. The number of aliphatic hydroxyl groups is 1. The Balaban J connectivity index is 0.00000289. The quantitative estimate of drug-likeness (QED) is 0.449. The van der Waals surface area contributed by atoms with Gasteiger partial charge < -0.3 is 31.3 Å². The first-order valence-corrected chi connectivity index (χ1v) is 12.8. The average Bonchev–Trinajstić information content (AvgIpc) is 2.90. The number of hydrogen-bond acceptors (Lipinski definition) is 2. The number of rotatable bonds is 8. The minimum atomic E-state index is -0.960. The summed E-state index contributed by atoms with van der Waals surface area (Å²) in [5.41, 5.74) is 1.90. The highest BCUT2D eigenvalue weighted by atomic mass is 79.9. The molecule has 3 aromatic rings. The fraction of sp³-hybridized carbons (Fsp3) is 0.419. The van der Waals surface area contributed by atoms with Crippen LogP contribution in [0.1, 0.15) is 49.8 Å². The highest BCUT2D eigenvalue weighted by molar-refractivity contribution is 5.39. The Hall–Kier alpha value is -1.98. The molecule has 186 valence electrons. The summed E-state index contributed by atoms with van der Waals surface area (Å²) in [6.07, 6.45) is 3.11. The number of nitrogens with zero attached hydrogens (tertiary/aromatic N) is 1. The third-order valence-electron chi connectivity index (χ3n) is 8.84. The van der Waals surface area contributed by atoms with Crippen molar-refractivity contribution in [1.82, 2.24) is 0 Å². The molecular formula is C31H38BrNO2. The smallest absolute Gasteiger partial charge is 0.121 e. The van der Waals surface area contributed by atoms with E-state index >= 15 is 0 Å². The van der Waals surface area contributed by atoms with E-state index in [9.17, 15) is 5.11 Å². The van der Waals surface area contributed by atoms with Gasteiger partial charge in [0.15, 0.2) is 0 Å². The lowest BCUT2D eigenvalue weighted by molar-refractivity contribution is -0.946. The van der Waals surface area contributed by atoms with Gasteiger partial charge in [-0.3, -0.25) is 0 Å². The zero-order chi connectivity index (χ0) is 23.7. The molecule has 0 aromatic heterocycles.